The molecule has 0 saturated heterocycles. The van der Waals surface area contributed by atoms with E-state index >= 15 is 0 Å². The van der Waals surface area contributed by atoms with Crippen LogP contribution in [0.2, 0.25) is 0 Å². The zero-order valence-electron chi connectivity index (χ0n) is 19.5. The quantitative estimate of drug-likeness (QED) is 0.215. The summed E-state index contributed by atoms with van der Waals surface area (Å²) in [6, 6.07) is 16.7. The molecule has 0 atom stereocenters. The molecule has 0 aliphatic rings. The van der Waals surface area contributed by atoms with Crippen molar-refractivity contribution >= 4 is 29.6 Å². The number of nitrogens with one attached hydrogen (secondary N) is 1. The number of non-ortho nitro benzene ring substituents is 1. The van der Waals surface area contributed by atoms with Crippen LogP contribution in [0.25, 0.3) is 5.69 Å². The number of hydrogen-bond donors (Lipinski definition) is 1. The van der Waals surface area contributed by atoms with Crippen molar-refractivity contribution < 1.29 is 9.72 Å². The lowest BCUT2D eigenvalue weighted by molar-refractivity contribution is -0.384. The van der Waals surface area contributed by atoms with Crippen molar-refractivity contribution in [2.75, 3.05) is 5.75 Å². The number of nitro groups is 1. The summed E-state index contributed by atoms with van der Waals surface area (Å²) in [5.74, 6) is -0.0879. The second-order valence-electron chi connectivity index (χ2n) is 8.79. The minimum Gasteiger partial charge on any atom is -0.318 e. The lowest BCUT2D eigenvalue weighted by atomic mass is 9.87. The minimum absolute atomic E-state index is 0.0242. The molecular formula is C25H28N4O3S. The fourth-order valence-electron chi connectivity index (χ4n) is 3.45. The number of aromatic nitrogens is 1. The summed E-state index contributed by atoms with van der Waals surface area (Å²) in [7, 11) is 0. The highest BCUT2D eigenvalue weighted by molar-refractivity contribution is 8.00. The first-order valence-electron chi connectivity index (χ1n) is 10.6. The van der Waals surface area contributed by atoms with Crippen LogP contribution in [0.4, 0.5) is 5.69 Å². The van der Waals surface area contributed by atoms with E-state index in [0.717, 1.165) is 27.5 Å². The van der Waals surface area contributed by atoms with E-state index in [1.165, 1.54) is 29.5 Å². The van der Waals surface area contributed by atoms with Gasteiger partial charge in [-0.2, -0.15) is 5.10 Å². The Balaban J connectivity index is 1.61. The monoisotopic (exact) mass is 464 g/mol. The first-order valence-corrected chi connectivity index (χ1v) is 11.5. The summed E-state index contributed by atoms with van der Waals surface area (Å²) in [6.07, 6.45) is 1.65. The number of rotatable bonds is 7. The minimum atomic E-state index is -0.451. The smallest absolute Gasteiger partial charge is 0.269 e. The predicted octanol–water partition coefficient (Wildman–Crippen LogP) is 5.54. The molecule has 1 heterocycles. The van der Waals surface area contributed by atoms with Gasteiger partial charge in [-0.05, 0) is 55.2 Å². The molecule has 1 N–H and O–H groups in total. The first-order chi connectivity index (χ1) is 15.6. The highest BCUT2D eigenvalue weighted by atomic mass is 32.2. The van der Waals surface area contributed by atoms with Gasteiger partial charge in [-0.15, -0.1) is 11.8 Å². The van der Waals surface area contributed by atoms with Crippen LogP contribution in [-0.2, 0) is 10.2 Å². The molecule has 0 aliphatic carbocycles. The number of hydrazone groups is 1. The van der Waals surface area contributed by atoms with Crippen molar-refractivity contribution in [3.8, 4) is 5.69 Å². The van der Waals surface area contributed by atoms with Gasteiger partial charge in [0.15, 0.2) is 0 Å². The van der Waals surface area contributed by atoms with E-state index in [0.29, 0.717) is 0 Å². The van der Waals surface area contributed by atoms with Crippen LogP contribution in [-0.4, -0.2) is 27.4 Å². The summed E-state index contributed by atoms with van der Waals surface area (Å²) < 4.78 is 2.17. The molecule has 3 aromatic rings. The maximum atomic E-state index is 12.1. The lowest BCUT2D eigenvalue weighted by Gasteiger charge is -2.20. The maximum Gasteiger partial charge on any atom is 0.269 e. The Kier molecular flexibility index (Phi) is 7.38. The number of carbonyl (C=O) groups is 1. The Hall–Kier alpha value is -3.39. The van der Waals surface area contributed by atoms with Crippen molar-refractivity contribution in [2.24, 2.45) is 5.10 Å². The van der Waals surface area contributed by atoms with E-state index in [9.17, 15) is 14.9 Å². The molecular weight excluding hydrogens is 436 g/mol. The second-order valence-corrected chi connectivity index (χ2v) is 9.84. The molecule has 0 radical (unpaired) electrons. The van der Waals surface area contributed by atoms with Gasteiger partial charge >= 0.3 is 0 Å². The molecule has 172 valence electrons. The van der Waals surface area contributed by atoms with E-state index in [-0.39, 0.29) is 22.8 Å². The molecule has 0 spiro atoms. The summed E-state index contributed by atoms with van der Waals surface area (Å²) >= 11 is 1.29. The standard InChI is InChI=1S/C25H28N4O3S/c1-17-14-19(18(2)28(17)21-8-6-20(7-9-21)25(3,4)5)15-26-27-24(30)16-33-23-12-10-22(11-13-23)29(31)32/h6-15H,16H2,1-5H3,(H,27,30)/b26-15-. The molecule has 2 aromatic carbocycles. The number of amides is 1. The van der Waals surface area contributed by atoms with Gasteiger partial charge in [0.1, 0.15) is 0 Å². The Morgan fingerprint density at radius 2 is 1.76 bits per heavy atom. The summed E-state index contributed by atoms with van der Waals surface area (Å²) in [5.41, 5.74) is 8.08. The van der Waals surface area contributed by atoms with Crippen molar-refractivity contribution in [1.29, 1.82) is 0 Å². The molecule has 8 heteroatoms. The topological polar surface area (TPSA) is 89.5 Å². The van der Waals surface area contributed by atoms with E-state index in [4.69, 9.17) is 0 Å². The van der Waals surface area contributed by atoms with Crippen LogP contribution in [0.3, 0.4) is 0 Å². The molecule has 1 amide bonds. The Morgan fingerprint density at radius 1 is 1.12 bits per heavy atom. The average Bonchev–Trinajstić information content (AvgIpc) is 3.05. The predicted molar refractivity (Wildman–Crippen MR) is 134 cm³/mol. The highest BCUT2D eigenvalue weighted by Crippen LogP contribution is 2.25. The maximum absolute atomic E-state index is 12.1. The van der Waals surface area contributed by atoms with Crippen molar-refractivity contribution in [2.45, 2.75) is 44.9 Å². The van der Waals surface area contributed by atoms with E-state index in [1.807, 2.05) is 19.9 Å². The van der Waals surface area contributed by atoms with E-state index in [2.05, 4.69) is 60.1 Å². The molecule has 1 aromatic heterocycles. The Bertz CT molecular complexity index is 1170. The molecule has 3 rings (SSSR count). The van der Waals surface area contributed by atoms with Crippen molar-refractivity contribution in [1.82, 2.24) is 9.99 Å². The van der Waals surface area contributed by atoms with Crippen LogP contribution < -0.4 is 5.43 Å². The van der Waals surface area contributed by atoms with Gasteiger partial charge in [-0.25, -0.2) is 5.43 Å². The normalized spacial score (nSPS) is 11.7. The van der Waals surface area contributed by atoms with Crippen LogP contribution >= 0.6 is 11.8 Å². The molecule has 0 saturated carbocycles. The van der Waals surface area contributed by atoms with Crippen LogP contribution in [0.1, 0.15) is 43.3 Å². The van der Waals surface area contributed by atoms with E-state index < -0.39 is 4.92 Å². The Labute approximate surface area is 198 Å². The fraction of sp³-hybridized carbons (Fsp3) is 0.280. The number of benzene rings is 2. The summed E-state index contributed by atoms with van der Waals surface area (Å²) in [5, 5.41) is 14.8. The second kappa shape index (κ2) is 10.0. The van der Waals surface area contributed by atoms with Gasteiger partial charge in [0.25, 0.3) is 5.69 Å². The van der Waals surface area contributed by atoms with Gasteiger partial charge in [0, 0.05) is 39.7 Å². The van der Waals surface area contributed by atoms with Crippen molar-refractivity contribution in [3.63, 3.8) is 0 Å². The summed E-state index contributed by atoms with van der Waals surface area (Å²) in [4.78, 5) is 23.1. The first kappa shape index (κ1) is 24.3. The van der Waals surface area contributed by atoms with Crippen LogP contribution in [0, 0.1) is 24.0 Å². The van der Waals surface area contributed by atoms with E-state index in [1.54, 1.807) is 18.3 Å². The van der Waals surface area contributed by atoms with Gasteiger partial charge in [0.05, 0.1) is 16.9 Å². The lowest BCUT2D eigenvalue weighted by Crippen LogP contribution is -2.19. The van der Waals surface area contributed by atoms with Crippen molar-refractivity contribution in [3.05, 3.63) is 87.2 Å². The molecule has 0 unspecified atom stereocenters. The number of hydrogen-bond acceptors (Lipinski definition) is 5. The van der Waals surface area contributed by atoms with Gasteiger partial charge in [-0.3, -0.25) is 14.9 Å². The van der Waals surface area contributed by atoms with Gasteiger partial charge in [0.2, 0.25) is 5.91 Å². The van der Waals surface area contributed by atoms with Crippen LogP contribution in [0.15, 0.2) is 64.6 Å². The number of thioether (sulfide) groups is 1. The number of aryl methyl sites for hydroxylation is 1. The fourth-order valence-corrected chi connectivity index (χ4v) is 4.14. The molecule has 7 nitrogen and oxygen atoms in total. The third-order valence-electron chi connectivity index (χ3n) is 5.27. The highest BCUT2D eigenvalue weighted by Gasteiger charge is 2.15. The van der Waals surface area contributed by atoms with Gasteiger partial charge < -0.3 is 4.57 Å². The third kappa shape index (κ3) is 6.10. The zero-order valence-corrected chi connectivity index (χ0v) is 20.3. The third-order valence-corrected chi connectivity index (χ3v) is 6.28. The molecule has 0 aliphatic heterocycles. The zero-order chi connectivity index (χ0) is 24.2. The molecule has 0 bridgehead atoms. The number of nitro benzene ring substituents is 1. The number of carbonyl (C=O) groups excluding carboxylic acids is 1. The average molecular weight is 465 g/mol. The summed E-state index contributed by atoms with van der Waals surface area (Å²) in [6.45, 7) is 10.7. The van der Waals surface area contributed by atoms with Gasteiger partial charge in [-0.1, -0.05) is 32.9 Å². The molecule has 33 heavy (non-hydrogen) atoms. The number of nitrogens with zero attached hydrogens (tertiary/aromatic N) is 3. The largest absolute Gasteiger partial charge is 0.318 e. The van der Waals surface area contributed by atoms with Crippen LogP contribution in [0.5, 0.6) is 0 Å². The molecule has 0 fully saturated rings. The Morgan fingerprint density at radius 3 is 2.33 bits per heavy atom. The SMILES string of the molecule is Cc1cc(/C=N\NC(=O)CSc2ccc([N+](=O)[O-])cc2)c(C)n1-c1ccc(C(C)(C)C)cc1.